The van der Waals surface area contributed by atoms with E-state index in [9.17, 15) is 0 Å². The largest absolute Gasteiger partial charge is 0.310 e. The molecule has 0 aromatic heterocycles. The number of rotatable bonds is 16. The molecule has 0 aliphatic carbocycles. The summed E-state index contributed by atoms with van der Waals surface area (Å²) >= 11 is 0. The molecule has 0 unspecified atom stereocenters. The predicted octanol–water partition coefficient (Wildman–Crippen LogP) is 27.4. The van der Waals surface area contributed by atoms with Crippen LogP contribution in [0.15, 0.2) is 194 Å². The first-order chi connectivity index (χ1) is 47.9. The van der Waals surface area contributed by atoms with E-state index in [1.54, 1.807) is 0 Å². The Bertz CT molecular complexity index is 4310. The molecule has 0 amide bonds. The summed E-state index contributed by atoms with van der Waals surface area (Å²) in [5.41, 5.74) is 47.7. The van der Waals surface area contributed by atoms with Crippen LogP contribution in [0.25, 0.3) is 0 Å². The highest BCUT2D eigenvalue weighted by Crippen LogP contribution is 2.52. The molecule has 0 N–H and O–H groups in total. The summed E-state index contributed by atoms with van der Waals surface area (Å²) in [5.74, 6) is 0. The van der Waals surface area contributed by atoms with Crippen molar-refractivity contribution in [2.24, 2.45) is 0 Å². The van der Waals surface area contributed by atoms with Gasteiger partial charge in [0, 0.05) is 68.2 Å². The first-order valence-electron chi connectivity index (χ1n) is 36.2. The first-order valence-corrected chi connectivity index (χ1v) is 36.2. The van der Waals surface area contributed by atoms with Gasteiger partial charge in [0.15, 0.2) is 0 Å². The van der Waals surface area contributed by atoms with Gasteiger partial charge in [-0.3, -0.25) is 0 Å². The summed E-state index contributed by atoms with van der Waals surface area (Å²) in [6, 6.07) is 76.4. The lowest BCUT2D eigenvalue weighted by molar-refractivity contribution is 0.745. The molecule has 512 valence electrons. The monoisotopic (exact) mass is 1320 g/mol. The Labute approximate surface area is 605 Å². The topological polar surface area (TPSA) is 13.0 Å². The Morgan fingerprint density at radius 1 is 0.139 bits per heavy atom. The average molecular weight is 1330 g/mol. The summed E-state index contributed by atoms with van der Waals surface area (Å²) in [4.78, 5) is 10.0. The first kappa shape index (κ1) is 70.7. The van der Waals surface area contributed by atoms with Gasteiger partial charge in [-0.05, 0) is 419 Å². The lowest BCUT2D eigenvalue weighted by Gasteiger charge is -2.39. The lowest BCUT2D eigenvalue weighted by Crippen LogP contribution is -2.31. The third-order valence-electron chi connectivity index (χ3n) is 22.7. The highest BCUT2D eigenvalue weighted by molar-refractivity contribution is 5.87. The smallest absolute Gasteiger partial charge is 0.0701 e. The molecule has 12 rings (SSSR count). The SMILES string of the molecule is Cc1cc(C)c(N(c2ccc(C(c3ccc(N(c4cc(C)c(C)cc4C)c4cc(C)c(C)cc4C)cc3)(c3ccc(N(c4cc(C)c(C)cc4C)c4cc(C)c(C)cc4C)cc3)c3ccc(N(c4cc(C)c(C)cc4C)c4cc(C)c(C)cc4C)cc3)cc2)c2cc(C)c(C)cc2C)cc1C. The van der Waals surface area contributed by atoms with Crippen molar-refractivity contribution in [3.8, 4) is 0 Å². The van der Waals surface area contributed by atoms with E-state index in [1.165, 1.54) is 179 Å². The number of aryl methyl sites for hydroxylation is 24. The van der Waals surface area contributed by atoms with Crippen LogP contribution >= 0.6 is 0 Å². The minimum absolute atomic E-state index is 0.904. The van der Waals surface area contributed by atoms with Gasteiger partial charge < -0.3 is 19.6 Å². The molecule has 0 aliphatic rings. The number of nitrogens with zero attached hydrogens (tertiary/aromatic N) is 4. The van der Waals surface area contributed by atoms with Crippen molar-refractivity contribution in [3.63, 3.8) is 0 Å². The summed E-state index contributed by atoms with van der Waals surface area (Å²) in [5, 5.41) is 0. The van der Waals surface area contributed by atoms with E-state index in [-0.39, 0.29) is 0 Å². The molecule has 0 radical (unpaired) electrons. The molecule has 0 fully saturated rings. The second-order valence-corrected chi connectivity index (χ2v) is 30.1. The lowest BCUT2D eigenvalue weighted by atomic mass is 9.65. The molecule has 12 aromatic carbocycles. The molecule has 0 atom stereocenters. The van der Waals surface area contributed by atoms with E-state index in [0.29, 0.717) is 0 Å². The maximum atomic E-state index is 2.50. The van der Waals surface area contributed by atoms with Crippen molar-refractivity contribution < 1.29 is 0 Å². The molecule has 0 bridgehead atoms. The van der Waals surface area contributed by atoms with Crippen LogP contribution in [0.4, 0.5) is 68.2 Å². The fourth-order valence-corrected chi connectivity index (χ4v) is 15.6. The van der Waals surface area contributed by atoms with Crippen LogP contribution < -0.4 is 19.6 Å². The van der Waals surface area contributed by atoms with Crippen LogP contribution in [0.3, 0.4) is 0 Å². The van der Waals surface area contributed by atoms with Crippen molar-refractivity contribution in [2.45, 2.75) is 172 Å². The van der Waals surface area contributed by atoms with Crippen LogP contribution in [0.2, 0.25) is 0 Å². The standard InChI is InChI=1S/C97H104N4/c1-57-41-73(17)89(49-65(57)9)98(90-50-66(10)58(2)42-74(90)18)85-33-25-81(26-34-85)97(82-27-35-86(36-28-82)99(91-51-67(11)59(3)43-75(91)19)92-52-68(12)60(4)44-76(92)20,83-29-37-87(38-30-83)100(93-53-69(13)61(5)45-77(93)21)94-54-70(14)62(6)46-78(94)22)84-31-39-88(40-32-84)101(95-55-71(15)63(7)47-79(95)23)96-56-72(16)64(8)48-80(96)24/h25-56H,1-24H3. The van der Waals surface area contributed by atoms with Crippen LogP contribution in [0.5, 0.6) is 0 Å². The predicted molar refractivity (Wildman–Crippen MR) is 437 cm³/mol. The number of anilines is 12. The third kappa shape index (κ3) is 13.1. The van der Waals surface area contributed by atoms with Crippen LogP contribution in [0, 0.1) is 166 Å². The third-order valence-corrected chi connectivity index (χ3v) is 22.7. The van der Waals surface area contributed by atoms with Gasteiger partial charge in [-0.15, -0.1) is 0 Å². The van der Waals surface area contributed by atoms with Crippen LogP contribution in [-0.4, -0.2) is 0 Å². The summed E-state index contributed by atoms with van der Waals surface area (Å²) in [6.07, 6.45) is 0. The molecule has 0 aliphatic heterocycles. The van der Waals surface area contributed by atoms with Gasteiger partial charge >= 0.3 is 0 Å². The Kier molecular flexibility index (Phi) is 19.4. The van der Waals surface area contributed by atoms with E-state index < -0.39 is 5.41 Å². The van der Waals surface area contributed by atoms with Crippen molar-refractivity contribution in [2.75, 3.05) is 19.6 Å². The van der Waals surface area contributed by atoms with Crippen LogP contribution in [0.1, 0.15) is 156 Å². The molecular formula is C97H104N4. The van der Waals surface area contributed by atoms with Gasteiger partial charge in [-0.25, -0.2) is 0 Å². The number of hydrogen-bond acceptors (Lipinski definition) is 4. The van der Waals surface area contributed by atoms with Crippen molar-refractivity contribution in [1.29, 1.82) is 0 Å². The van der Waals surface area contributed by atoms with Gasteiger partial charge in [0.1, 0.15) is 0 Å². The fraction of sp³-hybridized carbons (Fsp3) is 0.258. The molecule has 12 aromatic rings. The summed E-state index contributed by atoms with van der Waals surface area (Å²) in [7, 11) is 0. The molecule has 0 heterocycles. The number of hydrogen-bond donors (Lipinski definition) is 0. The Morgan fingerprint density at radius 2 is 0.248 bits per heavy atom. The minimum Gasteiger partial charge on any atom is -0.310 e. The molecule has 4 nitrogen and oxygen atoms in total. The zero-order valence-electron chi connectivity index (χ0n) is 64.8. The molecular weight excluding hydrogens is 1220 g/mol. The molecule has 4 heteroatoms. The maximum Gasteiger partial charge on any atom is 0.0701 e. The zero-order valence-corrected chi connectivity index (χ0v) is 64.8. The molecule has 0 saturated heterocycles. The highest BCUT2D eigenvalue weighted by atomic mass is 15.2. The second kappa shape index (κ2) is 27.8. The molecule has 0 saturated carbocycles. The number of benzene rings is 12. The van der Waals surface area contributed by atoms with Crippen molar-refractivity contribution in [3.05, 3.63) is 350 Å². The quantitative estimate of drug-likeness (QED) is 0.0894. The van der Waals surface area contributed by atoms with E-state index in [2.05, 4.69) is 380 Å². The summed E-state index contributed by atoms with van der Waals surface area (Å²) < 4.78 is 0. The maximum absolute atomic E-state index is 2.50. The van der Waals surface area contributed by atoms with E-state index in [1.807, 2.05) is 0 Å². The Morgan fingerprint density at radius 3 is 0.366 bits per heavy atom. The molecule has 101 heavy (non-hydrogen) atoms. The van der Waals surface area contributed by atoms with E-state index in [0.717, 1.165) is 45.0 Å². The van der Waals surface area contributed by atoms with E-state index >= 15 is 0 Å². The van der Waals surface area contributed by atoms with Gasteiger partial charge in [0.05, 0.1) is 5.41 Å². The Balaban J connectivity index is 1.17. The normalized spacial score (nSPS) is 11.6. The fourth-order valence-electron chi connectivity index (χ4n) is 15.6. The molecule has 0 spiro atoms. The van der Waals surface area contributed by atoms with Gasteiger partial charge in [0.2, 0.25) is 0 Å². The van der Waals surface area contributed by atoms with E-state index in [4.69, 9.17) is 0 Å². The average Bonchev–Trinajstić information content (AvgIpc) is 0.798. The zero-order chi connectivity index (χ0) is 72.5. The second-order valence-electron chi connectivity index (χ2n) is 30.1. The Hall–Kier alpha value is -10.2. The van der Waals surface area contributed by atoms with Crippen molar-refractivity contribution >= 4 is 68.2 Å². The van der Waals surface area contributed by atoms with Gasteiger partial charge in [-0.2, -0.15) is 0 Å². The summed E-state index contributed by atoms with van der Waals surface area (Å²) in [6.45, 7) is 53.8. The van der Waals surface area contributed by atoms with Crippen molar-refractivity contribution in [1.82, 2.24) is 0 Å². The minimum atomic E-state index is -0.904. The van der Waals surface area contributed by atoms with Gasteiger partial charge in [-0.1, -0.05) is 97.1 Å². The van der Waals surface area contributed by atoms with Crippen LogP contribution in [-0.2, 0) is 5.41 Å². The highest BCUT2D eigenvalue weighted by Gasteiger charge is 2.40. The van der Waals surface area contributed by atoms with Gasteiger partial charge in [0.25, 0.3) is 0 Å².